The van der Waals surface area contributed by atoms with Gasteiger partial charge in [-0.1, -0.05) is 30.3 Å². The normalized spacial score (nSPS) is 13.0. The number of para-hydroxylation sites is 1. The van der Waals surface area contributed by atoms with E-state index in [0.717, 1.165) is 0 Å². The molecule has 3 aromatic carbocycles. The van der Waals surface area contributed by atoms with Crippen molar-refractivity contribution in [3.8, 4) is 17.2 Å². The van der Waals surface area contributed by atoms with Crippen molar-refractivity contribution in [2.45, 2.75) is 12.5 Å². The van der Waals surface area contributed by atoms with E-state index < -0.39 is 12.1 Å². The van der Waals surface area contributed by atoms with Gasteiger partial charge in [-0.2, -0.15) is 0 Å². The lowest BCUT2D eigenvalue weighted by molar-refractivity contribution is -0.118. The zero-order chi connectivity index (χ0) is 23.2. The monoisotopic (exact) mass is 446 g/mol. The fraction of sp³-hybridized carbons (Fsp3) is 0.125. The smallest absolute Gasteiger partial charge is 0.312 e. The molecule has 5 N–H and O–H groups in total. The Hall–Kier alpha value is -4.53. The molecule has 0 aliphatic carbocycles. The van der Waals surface area contributed by atoms with E-state index in [1.165, 1.54) is 0 Å². The molecule has 9 heteroatoms. The van der Waals surface area contributed by atoms with Gasteiger partial charge in [0.2, 0.25) is 5.91 Å². The lowest BCUT2D eigenvalue weighted by atomic mass is 10.0. The zero-order valence-electron chi connectivity index (χ0n) is 17.5. The molecular weight excluding hydrogens is 424 g/mol. The summed E-state index contributed by atoms with van der Waals surface area (Å²) in [6.45, 7) is -0.0494. The Balaban J connectivity index is 1.47. The third-order valence-electron chi connectivity index (χ3n) is 4.84. The fourth-order valence-electron chi connectivity index (χ4n) is 3.40. The maximum absolute atomic E-state index is 12.7. The lowest BCUT2D eigenvalue weighted by Gasteiger charge is -2.20. The average Bonchev–Trinajstić information content (AvgIpc) is 2.79. The summed E-state index contributed by atoms with van der Waals surface area (Å²) in [6, 6.07) is 19.8. The van der Waals surface area contributed by atoms with Gasteiger partial charge in [-0.05, 0) is 48.0 Å². The Morgan fingerprint density at radius 1 is 1.03 bits per heavy atom. The standard InChI is InChI=1S/C24H22N4O5/c25-24(31)28-19(15-5-4-8-18(11-15)33-17-6-2-1-3-7-17)13-22(29)26-16-9-10-21-20(12-16)27-23(30)14-32-21/h1-12,19H,13-14H2,(H,26,29)(H,27,30)(H3,25,28,31)/t19-/m0/s1. The number of anilines is 2. The minimum absolute atomic E-state index is 0.0494. The van der Waals surface area contributed by atoms with Gasteiger partial charge < -0.3 is 31.2 Å². The lowest BCUT2D eigenvalue weighted by Crippen LogP contribution is -2.35. The number of benzene rings is 3. The molecule has 0 saturated carbocycles. The molecule has 1 aliphatic heterocycles. The summed E-state index contributed by atoms with van der Waals surface area (Å²) in [5.41, 5.74) is 6.95. The average molecular weight is 446 g/mol. The number of fused-ring (bicyclic) bond motifs is 1. The maximum atomic E-state index is 12.7. The number of hydrogen-bond donors (Lipinski definition) is 4. The first-order valence-corrected chi connectivity index (χ1v) is 10.2. The van der Waals surface area contributed by atoms with Crippen LogP contribution in [-0.4, -0.2) is 24.5 Å². The van der Waals surface area contributed by atoms with Gasteiger partial charge in [-0.25, -0.2) is 4.79 Å². The molecule has 0 saturated heterocycles. The number of primary amides is 1. The minimum Gasteiger partial charge on any atom is -0.482 e. The number of hydrogen-bond acceptors (Lipinski definition) is 5. The van der Waals surface area contributed by atoms with Crippen molar-refractivity contribution in [2.75, 3.05) is 17.2 Å². The summed E-state index contributed by atoms with van der Waals surface area (Å²) < 4.78 is 11.2. The number of ether oxygens (including phenoxy) is 2. The molecule has 1 atom stereocenters. The van der Waals surface area contributed by atoms with E-state index in [1.807, 2.05) is 30.3 Å². The van der Waals surface area contributed by atoms with Crippen molar-refractivity contribution in [3.63, 3.8) is 0 Å². The van der Waals surface area contributed by atoms with Gasteiger partial charge in [-0.15, -0.1) is 0 Å². The molecule has 9 nitrogen and oxygen atoms in total. The van der Waals surface area contributed by atoms with Crippen molar-refractivity contribution in [1.29, 1.82) is 0 Å². The van der Waals surface area contributed by atoms with Crippen LogP contribution in [0, 0.1) is 0 Å². The Labute approximate surface area is 189 Å². The molecular formula is C24H22N4O5. The van der Waals surface area contributed by atoms with E-state index in [-0.39, 0.29) is 24.8 Å². The van der Waals surface area contributed by atoms with Gasteiger partial charge in [0, 0.05) is 5.69 Å². The zero-order valence-corrected chi connectivity index (χ0v) is 17.5. The molecule has 168 valence electrons. The largest absolute Gasteiger partial charge is 0.482 e. The summed E-state index contributed by atoms with van der Waals surface area (Å²) in [7, 11) is 0. The van der Waals surface area contributed by atoms with Gasteiger partial charge in [0.1, 0.15) is 17.2 Å². The molecule has 0 aromatic heterocycles. The molecule has 4 rings (SSSR count). The second-order valence-corrected chi connectivity index (χ2v) is 7.35. The molecule has 0 radical (unpaired) electrons. The van der Waals surface area contributed by atoms with Crippen molar-refractivity contribution in [3.05, 3.63) is 78.4 Å². The molecule has 1 aliphatic rings. The van der Waals surface area contributed by atoms with Gasteiger partial charge >= 0.3 is 6.03 Å². The van der Waals surface area contributed by atoms with Crippen molar-refractivity contribution >= 4 is 29.2 Å². The number of urea groups is 1. The van der Waals surface area contributed by atoms with Crippen LogP contribution in [0.2, 0.25) is 0 Å². The van der Waals surface area contributed by atoms with E-state index in [2.05, 4.69) is 16.0 Å². The maximum Gasteiger partial charge on any atom is 0.312 e. The number of carbonyl (C=O) groups excluding carboxylic acids is 3. The van der Waals surface area contributed by atoms with Gasteiger partial charge in [0.25, 0.3) is 5.91 Å². The van der Waals surface area contributed by atoms with Crippen LogP contribution in [0.25, 0.3) is 0 Å². The van der Waals surface area contributed by atoms with Crippen LogP contribution in [0.5, 0.6) is 17.2 Å². The summed E-state index contributed by atoms with van der Waals surface area (Å²) in [5, 5.41) is 8.06. The van der Waals surface area contributed by atoms with Crippen LogP contribution in [-0.2, 0) is 9.59 Å². The summed E-state index contributed by atoms with van der Waals surface area (Å²) in [4.78, 5) is 35.8. The Bertz CT molecular complexity index is 1180. The molecule has 3 aromatic rings. The highest BCUT2D eigenvalue weighted by molar-refractivity contribution is 5.97. The number of carbonyl (C=O) groups is 3. The third kappa shape index (κ3) is 5.79. The molecule has 0 unspecified atom stereocenters. The van der Waals surface area contributed by atoms with Crippen molar-refractivity contribution in [1.82, 2.24) is 5.32 Å². The van der Waals surface area contributed by atoms with Gasteiger partial charge in [-0.3, -0.25) is 9.59 Å². The van der Waals surface area contributed by atoms with E-state index in [9.17, 15) is 14.4 Å². The molecule has 0 fully saturated rings. The van der Waals surface area contributed by atoms with Crippen LogP contribution in [0.1, 0.15) is 18.0 Å². The molecule has 4 amide bonds. The van der Waals surface area contributed by atoms with Crippen LogP contribution in [0.4, 0.5) is 16.2 Å². The number of nitrogens with two attached hydrogens (primary N) is 1. The molecule has 1 heterocycles. The summed E-state index contributed by atoms with van der Waals surface area (Å²) >= 11 is 0. The van der Waals surface area contributed by atoms with Crippen molar-refractivity contribution in [2.24, 2.45) is 5.73 Å². The molecule has 33 heavy (non-hydrogen) atoms. The first-order chi connectivity index (χ1) is 16.0. The van der Waals surface area contributed by atoms with Crippen LogP contribution >= 0.6 is 0 Å². The van der Waals surface area contributed by atoms with Gasteiger partial charge in [0.05, 0.1) is 18.2 Å². The Morgan fingerprint density at radius 2 is 1.82 bits per heavy atom. The second kappa shape index (κ2) is 9.73. The van der Waals surface area contributed by atoms with Crippen molar-refractivity contribution < 1.29 is 23.9 Å². The topological polar surface area (TPSA) is 132 Å². The van der Waals surface area contributed by atoms with Crippen LogP contribution in [0.15, 0.2) is 72.8 Å². The number of nitrogens with one attached hydrogen (secondary N) is 3. The fourth-order valence-corrected chi connectivity index (χ4v) is 3.40. The van der Waals surface area contributed by atoms with E-state index in [4.69, 9.17) is 15.2 Å². The SMILES string of the molecule is NC(=O)N[C@@H](CC(=O)Nc1ccc2c(c1)NC(=O)CO2)c1cccc(Oc2ccccc2)c1. The van der Waals surface area contributed by atoms with Gasteiger partial charge in [0.15, 0.2) is 6.61 Å². The quantitative estimate of drug-likeness (QED) is 0.441. The first-order valence-electron chi connectivity index (χ1n) is 10.2. The minimum atomic E-state index is -0.754. The number of amides is 4. The van der Waals surface area contributed by atoms with E-state index in [1.54, 1.807) is 42.5 Å². The Kier molecular flexibility index (Phi) is 6.40. The van der Waals surface area contributed by atoms with Crippen LogP contribution in [0.3, 0.4) is 0 Å². The van der Waals surface area contributed by atoms with E-state index in [0.29, 0.717) is 34.2 Å². The highest BCUT2D eigenvalue weighted by Gasteiger charge is 2.20. The second-order valence-electron chi connectivity index (χ2n) is 7.35. The molecule has 0 bridgehead atoms. The summed E-state index contributed by atoms with van der Waals surface area (Å²) in [6.07, 6.45) is -0.0718. The van der Waals surface area contributed by atoms with Crippen LogP contribution < -0.4 is 31.2 Å². The highest BCUT2D eigenvalue weighted by Crippen LogP contribution is 2.31. The third-order valence-corrected chi connectivity index (χ3v) is 4.84. The highest BCUT2D eigenvalue weighted by atomic mass is 16.5. The predicted molar refractivity (Wildman–Crippen MR) is 122 cm³/mol. The Morgan fingerprint density at radius 3 is 2.61 bits per heavy atom. The predicted octanol–water partition coefficient (Wildman–Crippen LogP) is 3.55. The summed E-state index contributed by atoms with van der Waals surface area (Å²) in [5.74, 6) is 1.12. The van der Waals surface area contributed by atoms with E-state index >= 15 is 0 Å². The first kappa shape index (κ1) is 21.7. The molecule has 0 spiro atoms. The number of rotatable bonds is 7.